The van der Waals surface area contributed by atoms with E-state index in [0.29, 0.717) is 0 Å². The van der Waals surface area contributed by atoms with Gasteiger partial charge in [0.15, 0.2) is 5.84 Å². The van der Waals surface area contributed by atoms with Crippen LogP contribution >= 0.6 is 0 Å². The van der Waals surface area contributed by atoms with Crippen molar-refractivity contribution in [3.05, 3.63) is 174 Å². The van der Waals surface area contributed by atoms with Crippen LogP contribution in [-0.2, 0) is 0 Å². The standard InChI is InChI=1S/C40H29N3/c1-3-12-29(13-4-1)36-27-37(42-40(41-36)30-14-5-2-6-15-30)32-17-11-16-31(26-32)28-22-24-33(25-23-28)43-38-20-9-7-18-34(38)35-19-8-10-21-39(35)43/h1-26,37H,27H2. The molecule has 1 aliphatic rings. The van der Waals surface area contributed by atoms with Crippen molar-refractivity contribution in [3.63, 3.8) is 0 Å². The highest BCUT2D eigenvalue weighted by atomic mass is 15.0. The van der Waals surface area contributed by atoms with Gasteiger partial charge in [-0.2, -0.15) is 0 Å². The van der Waals surface area contributed by atoms with Crippen LogP contribution < -0.4 is 0 Å². The summed E-state index contributed by atoms with van der Waals surface area (Å²) in [5, 5.41) is 2.55. The van der Waals surface area contributed by atoms with Crippen molar-refractivity contribution >= 4 is 33.4 Å². The van der Waals surface area contributed by atoms with Gasteiger partial charge in [0.05, 0.1) is 22.8 Å². The van der Waals surface area contributed by atoms with E-state index >= 15 is 0 Å². The Hall–Kier alpha value is -5.54. The lowest BCUT2D eigenvalue weighted by Crippen LogP contribution is -2.17. The van der Waals surface area contributed by atoms with E-state index in [4.69, 9.17) is 9.98 Å². The monoisotopic (exact) mass is 551 g/mol. The fourth-order valence-electron chi connectivity index (χ4n) is 6.24. The number of benzene rings is 6. The normalized spacial score (nSPS) is 14.9. The molecule has 0 bridgehead atoms. The Morgan fingerprint density at radius 2 is 1.07 bits per heavy atom. The lowest BCUT2D eigenvalue weighted by Gasteiger charge is -2.22. The summed E-state index contributed by atoms with van der Waals surface area (Å²) < 4.78 is 2.36. The Balaban J connectivity index is 1.15. The van der Waals surface area contributed by atoms with Crippen molar-refractivity contribution in [2.45, 2.75) is 12.5 Å². The molecular formula is C40H29N3. The molecule has 3 heteroatoms. The number of para-hydroxylation sites is 2. The molecule has 0 N–H and O–H groups in total. The van der Waals surface area contributed by atoms with Gasteiger partial charge in [-0.25, -0.2) is 4.99 Å². The number of hydrogen-bond acceptors (Lipinski definition) is 2. The minimum atomic E-state index is -0.0141. The second kappa shape index (κ2) is 10.7. The molecule has 0 amide bonds. The third-order valence-electron chi connectivity index (χ3n) is 8.35. The molecule has 0 radical (unpaired) electrons. The zero-order chi connectivity index (χ0) is 28.6. The lowest BCUT2D eigenvalue weighted by molar-refractivity contribution is 0.754. The first-order chi connectivity index (χ1) is 21.3. The van der Waals surface area contributed by atoms with Gasteiger partial charge in [0.2, 0.25) is 0 Å². The van der Waals surface area contributed by atoms with E-state index in [1.165, 1.54) is 38.5 Å². The van der Waals surface area contributed by atoms with Gasteiger partial charge in [0.1, 0.15) is 0 Å². The summed E-state index contributed by atoms with van der Waals surface area (Å²) in [6.45, 7) is 0. The van der Waals surface area contributed by atoms with Crippen LogP contribution in [0.5, 0.6) is 0 Å². The molecule has 2 heterocycles. The Morgan fingerprint density at radius 3 is 1.74 bits per heavy atom. The lowest BCUT2D eigenvalue weighted by atomic mass is 9.93. The van der Waals surface area contributed by atoms with Crippen LogP contribution in [-0.4, -0.2) is 16.1 Å². The number of rotatable bonds is 5. The van der Waals surface area contributed by atoms with E-state index in [1.807, 2.05) is 24.3 Å². The second-order valence-electron chi connectivity index (χ2n) is 11.0. The van der Waals surface area contributed by atoms with E-state index in [-0.39, 0.29) is 6.04 Å². The summed E-state index contributed by atoms with van der Waals surface area (Å²) in [7, 11) is 0. The first-order valence-corrected chi connectivity index (χ1v) is 14.8. The van der Waals surface area contributed by atoms with E-state index in [1.54, 1.807) is 0 Å². The maximum atomic E-state index is 5.16. The van der Waals surface area contributed by atoms with E-state index in [9.17, 15) is 0 Å². The highest BCUT2D eigenvalue weighted by Gasteiger charge is 2.22. The smallest absolute Gasteiger partial charge is 0.155 e. The Labute approximate surface area is 251 Å². The molecule has 0 saturated carbocycles. The summed E-state index contributed by atoms with van der Waals surface area (Å²) in [5.41, 5.74) is 10.4. The highest BCUT2D eigenvalue weighted by molar-refractivity contribution is 6.14. The molecule has 6 aromatic carbocycles. The quantitative estimate of drug-likeness (QED) is 0.204. The summed E-state index contributed by atoms with van der Waals surface area (Å²) in [4.78, 5) is 10.2. The van der Waals surface area contributed by atoms with E-state index < -0.39 is 0 Å². The molecule has 1 aromatic heterocycles. The molecule has 0 aliphatic carbocycles. The second-order valence-corrected chi connectivity index (χ2v) is 11.0. The van der Waals surface area contributed by atoms with Crippen molar-refractivity contribution in [2.24, 2.45) is 9.98 Å². The molecule has 1 aliphatic heterocycles. The summed E-state index contributed by atoms with van der Waals surface area (Å²) >= 11 is 0. The topological polar surface area (TPSA) is 29.6 Å². The molecule has 0 fully saturated rings. The van der Waals surface area contributed by atoms with Crippen molar-refractivity contribution in [1.29, 1.82) is 0 Å². The van der Waals surface area contributed by atoms with Crippen LogP contribution in [0.2, 0.25) is 0 Å². The van der Waals surface area contributed by atoms with Crippen molar-refractivity contribution < 1.29 is 0 Å². The van der Waals surface area contributed by atoms with Gasteiger partial charge < -0.3 is 4.57 Å². The van der Waals surface area contributed by atoms with Gasteiger partial charge in [0.25, 0.3) is 0 Å². The van der Waals surface area contributed by atoms with Gasteiger partial charge in [-0.3, -0.25) is 4.99 Å². The maximum Gasteiger partial charge on any atom is 0.155 e. The fraction of sp³-hybridized carbons (Fsp3) is 0.0500. The number of amidine groups is 1. The highest BCUT2D eigenvalue weighted by Crippen LogP contribution is 2.34. The number of aliphatic imine (C=N–C) groups is 2. The molecule has 1 atom stereocenters. The molecule has 0 saturated heterocycles. The largest absolute Gasteiger partial charge is 0.309 e. The van der Waals surface area contributed by atoms with Crippen molar-refractivity contribution in [2.75, 3.05) is 0 Å². The first-order valence-electron chi connectivity index (χ1n) is 14.8. The molecular weight excluding hydrogens is 522 g/mol. The number of hydrogen-bond donors (Lipinski definition) is 0. The van der Waals surface area contributed by atoms with Crippen LogP contribution in [0.15, 0.2) is 168 Å². The molecule has 7 aromatic rings. The molecule has 0 spiro atoms. The van der Waals surface area contributed by atoms with E-state index in [2.05, 4.69) is 138 Å². The minimum Gasteiger partial charge on any atom is -0.309 e. The summed E-state index contributed by atoms with van der Waals surface area (Å²) in [6.07, 6.45) is 0.760. The molecule has 8 rings (SSSR count). The van der Waals surface area contributed by atoms with E-state index in [0.717, 1.165) is 34.8 Å². The third kappa shape index (κ3) is 4.65. The van der Waals surface area contributed by atoms with Gasteiger partial charge in [-0.05, 0) is 52.6 Å². The average molecular weight is 552 g/mol. The zero-order valence-corrected chi connectivity index (χ0v) is 23.6. The molecule has 3 nitrogen and oxygen atoms in total. The van der Waals surface area contributed by atoms with Gasteiger partial charge in [-0.15, -0.1) is 0 Å². The minimum absolute atomic E-state index is 0.0141. The first kappa shape index (κ1) is 25.2. The van der Waals surface area contributed by atoms with Crippen LogP contribution in [0.3, 0.4) is 0 Å². The third-order valence-corrected chi connectivity index (χ3v) is 8.35. The molecule has 204 valence electrons. The van der Waals surface area contributed by atoms with Gasteiger partial charge >= 0.3 is 0 Å². The van der Waals surface area contributed by atoms with Crippen molar-refractivity contribution in [3.8, 4) is 16.8 Å². The Morgan fingerprint density at radius 1 is 0.488 bits per heavy atom. The summed E-state index contributed by atoms with van der Waals surface area (Å²) in [6, 6.07) is 55.8. The molecule has 43 heavy (non-hydrogen) atoms. The summed E-state index contributed by atoms with van der Waals surface area (Å²) in [5.74, 6) is 0.789. The van der Waals surface area contributed by atoms with Crippen molar-refractivity contribution in [1.82, 2.24) is 4.57 Å². The number of aromatic nitrogens is 1. The predicted molar refractivity (Wildman–Crippen MR) is 180 cm³/mol. The van der Waals surface area contributed by atoms with Crippen LogP contribution in [0, 0.1) is 0 Å². The Bertz CT molecular complexity index is 2080. The maximum absolute atomic E-state index is 5.16. The fourth-order valence-corrected chi connectivity index (χ4v) is 6.24. The number of nitrogens with zero attached hydrogens (tertiary/aromatic N) is 3. The van der Waals surface area contributed by atoms with Crippen LogP contribution in [0.25, 0.3) is 38.6 Å². The van der Waals surface area contributed by atoms with Gasteiger partial charge in [-0.1, -0.05) is 127 Å². The SMILES string of the molecule is c1ccc(C2=NC(c3ccccc3)=NC(c3cccc(-c4ccc(-n5c6ccccc6c6ccccc65)cc4)c3)C2)cc1. The number of fused-ring (bicyclic) bond motifs is 3. The average Bonchev–Trinajstić information content (AvgIpc) is 3.43. The molecule has 1 unspecified atom stereocenters. The van der Waals surface area contributed by atoms with Gasteiger partial charge in [0, 0.05) is 28.4 Å². The Kier molecular flexibility index (Phi) is 6.27. The predicted octanol–water partition coefficient (Wildman–Crippen LogP) is 9.83. The van der Waals surface area contributed by atoms with Crippen LogP contribution in [0.1, 0.15) is 29.2 Å². The van der Waals surface area contributed by atoms with Crippen LogP contribution in [0.4, 0.5) is 0 Å². The zero-order valence-electron chi connectivity index (χ0n) is 23.6.